The van der Waals surface area contributed by atoms with Crippen LogP contribution in [0, 0.1) is 41.9 Å². The lowest BCUT2D eigenvalue weighted by molar-refractivity contribution is -0.148. The predicted molar refractivity (Wildman–Crippen MR) is 230 cm³/mol. The van der Waals surface area contributed by atoms with E-state index in [1.54, 1.807) is 0 Å². The van der Waals surface area contributed by atoms with Crippen LogP contribution in [0.15, 0.2) is 36.9 Å². The van der Waals surface area contributed by atoms with E-state index in [1.807, 2.05) is 38.1 Å². The Labute approximate surface area is 344 Å². The Hall–Kier alpha value is -3.61. The van der Waals surface area contributed by atoms with Gasteiger partial charge in [0.25, 0.3) is 0 Å². The summed E-state index contributed by atoms with van der Waals surface area (Å²) in [6.07, 6.45) is 12.5. The van der Waals surface area contributed by atoms with Crippen LogP contribution in [-0.4, -0.2) is 36.2 Å². The van der Waals surface area contributed by atoms with Crippen molar-refractivity contribution in [1.82, 2.24) is 0 Å². The summed E-state index contributed by atoms with van der Waals surface area (Å²) in [6, 6.07) is 8.04. The molecule has 7 heteroatoms. The van der Waals surface area contributed by atoms with Crippen LogP contribution in [0.1, 0.15) is 167 Å². The smallest absolute Gasteiger partial charge is 0.335 e. The van der Waals surface area contributed by atoms with Crippen LogP contribution in [0.2, 0.25) is 0 Å². The highest BCUT2D eigenvalue weighted by Gasteiger charge is 2.45. The van der Waals surface area contributed by atoms with Crippen molar-refractivity contribution in [2.75, 3.05) is 13.2 Å². The lowest BCUT2D eigenvalue weighted by atomic mass is 9.56. The van der Waals surface area contributed by atoms with Crippen molar-refractivity contribution < 1.29 is 33.7 Å². The van der Waals surface area contributed by atoms with Gasteiger partial charge in [-0.2, -0.15) is 0 Å². The molecule has 0 unspecified atom stereocenters. The summed E-state index contributed by atoms with van der Waals surface area (Å²) in [5.74, 6) is 1.12. The average molecular weight is 787 g/mol. The molecule has 2 aromatic rings. The lowest BCUT2D eigenvalue weighted by Gasteiger charge is -2.50. The number of hydrogen-bond donors (Lipinski definition) is 1. The van der Waals surface area contributed by atoms with Crippen molar-refractivity contribution in [3.63, 3.8) is 0 Å². The summed E-state index contributed by atoms with van der Waals surface area (Å²) >= 11 is 0. The normalized spacial score (nSPS) is 20.6. The molecule has 2 aromatic carbocycles. The van der Waals surface area contributed by atoms with Gasteiger partial charge in [-0.15, -0.1) is 0 Å². The van der Waals surface area contributed by atoms with E-state index in [1.165, 1.54) is 31.8 Å². The molecule has 2 saturated carbocycles. The summed E-state index contributed by atoms with van der Waals surface area (Å²) in [7, 11) is 0. The predicted octanol–water partition coefficient (Wildman–Crippen LogP) is 11.8. The maximum Gasteiger partial charge on any atom is 0.335 e. The van der Waals surface area contributed by atoms with Crippen molar-refractivity contribution in [3.05, 3.63) is 70.3 Å². The molecule has 0 aromatic heterocycles. The quantitative estimate of drug-likeness (QED) is 0.116. The van der Waals surface area contributed by atoms with E-state index < -0.39 is 5.97 Å². The van der Waals surface area contributed by atoms with Gasteiger partial charge in [-0.25, -0.2) is 4.79 Å². The van der Waals surface area contributed by atoms with E-state index >= 15 is 0 Å². The number of carbonyl (C=O) groups is 3. The molecule has 2 aliphatic carbocycles. The van der Waals surface area contributed by atoms with Gasteiger partial charge in [0.2, 0.25) is 0 Å². The first kappa shape index (κ1) is 46.1. The molecular formula is C50H74O7. The lowest BCUT2D eigenvalue weighted by Crippen LogP contribution is -2.41. The average Bonchev–Trinajstić information content (AvgIpc) is 3.13. The van der Waals surface area contributed by atoms with Crippen LogP contribution in [0.5, 0.6) is 11.5 Å². The molecule has 0 bridgehead atoms. The first-order valence-electron chi connectivity index (χ1n) is 21.5. The Morgan fingerprint density at radius 3 is 1.49 bits per heavy atom. The molecule has 1 spiro atoms. The van der Waals surface area contributed by atoms with Gasteiger partial charge in [0.05, 0.1) is 13.2 Å². The fourth-order valence-corrected chi connectivity index (χ4v) is 9.33. The summed E-state index contributed by atoms with van der Waals surface area (Å²) in [4.78, 5) is 37.9. The van der Waals surface area contributed by atoms with Crippen molar-refractivity contribution in [3.8, 4) is 11.5 Å². The Kier molecular flexibility index (Phi) is 14.6. The van der Waals surface area contributed by atoms with Gasteiger partial charge in [-0.1, -0.05) is 100 Å². The first-order valence-corrected chi connectivity index (χ1v) is 21.5. The van der Waals surface area contributed by atoms with Gasteiger partial charge in [-0.05, 0) is 134 Å². The molecule has 316 valence electrons. The molecule has 7 nitrogen and oxygen atoms in total. The Bertz CT molecular complexity index is 1750. The Morgan fingerprint density at radius 1 is 0.684 bits per heavy atom. The van der Waals surface area contributed by atoms with E-state index in [9.17, 15) is 19.5 Å². The fraction of sp³-hybridized carbons (Fsp3) is 0.660. The van der Waals surface area contributed by atoms with Crippen molar-refractivity contribution in [1.29, 1.82) is 0 Å². The zero-order valence-electron chi connectivity index (χ0n) is 37.5. The van der Waals surface area contributed by atoms with Crippen LogP contribution >= 0.6 is 0 Å². The number of phenolic OH excluding ortho intramolecular Hbond substituents is 1. The summed E-state index contributed by atoms with van der Waals surface area (Å²) < 4.78 is 17.4. The molecule has 0 atom stereocenters. The van der Waals surface area contributed by atoms with Gasteiger partial charge in [0.15, 0.2) is 0 Å². The Balaban J connectivity index is 1.20. The highest BCUT2D eigenvalue weighted by molar-refractivity contribution is 5.84. The monoisotopic (exact) mass is 787 g/mol. The van der Waals surface area contributed by atoms with E-state index in [4.69, 9.17) is 14.2 Å². The number of esters is 3. The number of aromatic hydroxyl groups is 1. The molecule has 57 heavy (non-hydrogen) atoms. The van der Waals surface area contributed by atoms with Gasteiger partial charge < -0.3 is 19.3 Å². The van der Waals surface area contributed by atoms with E-state index in [0.717, 1.165) is 59.1 Å². The number of aryl methyl sites for hydroxylation is 4. The van der Waals surface area contributed by atoms with Crippen LogP contribution in [0.3, 0.4) is 0 Å². The van der Waals surface area contributed by atoms with E-state index in [-0.39, 0.29) is 33.6 Å². The van der Waals surface area contributed by atoms with Crippen molar-refractivity contribution in [2.24, 2.45) is 28.1 Å². The van der Waals surface area contributed by atoms with Crippen LogP contribution in [0.4, 0.5) is 0 Å². The summed E-state index contributed by atoms with van der Waals surface area (Å²) in [5, 5.41) is 10.6. The maximum atomic E-state index is 13.0. The minimum absolute atomic E-state index is 0.0771. The molecule has 2 fully saturated rings. The first-order chi connectivity index (χ1) is 26.4. The van der Waals surface area contributed by atoms with Gasteiger partial charge in [0.1, 0.15) is 11.5 Å². The minimum atomic E-state index is -0.482. The molecule has 0 radical (unpaired) electrons. The third-order valence-corrected chi connectivity index (χ3v) is 13.4. The third kappa shape index (κ3) is 12.2. The summed E-state index contributed by atoms with van der Waals surface area (Å²) in [6.45, 7) is 29.8. The zero-order chi connectivity index (χ0) is 42.6. The number of hydrogen-bond acceptors (Lipinski definition) is 7. The largest absolute Gasteiger partial charge is 0.507 e. The molecule has 0 saturated heterocycles. The zero-order valence-corrected chi connectivity index (χ0v) is 37.5. The SMILES string of the molecule is C=CC(=O)Oc1c(C)cc(CCC(=O)OCC(C)(C)C2CCC3(CCC(C(C)(C)COC(=O)CCc4cc(C)c(O)c(C(C)(C)C)c4)CC3)CC2)cc1C(C)(C)C. The highest BCUT2D eigenvalue weighted by atomic mass is 16.5. The van der Waals surface area contributed by atoms with E-state index in [0.29, 0.717) is 67.6 Å². The summed E-state index contributed by atoms with van der Waals surface area (Å²) in [5.41, 5.74) is 5.42. The van der Waals surface area contributed by atoms with Crippen molar-refractivity contribution >= 4 is 17.9 Å². The fourth-order valence-electron chi connectivity index (χ4n) is 9.33. The number of rotatable bonds is 14. The van der Waals surface area contributed by atoms with Crippen molar-refractivity contribution in [2.45, 2.75) is 171 Å². The Morgan fingerprint density at radius 2 is 1.09 bits per heavy atom. The molecule has 0 heterocycles. The van der Waals surface area contributed by atoms with Crippen LogP contribution in [0.25, 0.3) is 0 Å². The standard InChI is InChI=1S/C50H74O7/c1-14-41(51)57-45-34(3)28-36(30-40(45)47(7,8)9)16-18-43(53)56-32-49(12,13)38-21-25-50(26-22-38)23-19-37(20-24-50)48(10,11)31-55-42(52)17-15-35-27-33(2)44(54)39(29-35)46(4,5)6/h14,27-30,37-38,54H,1,15-26,31-32H2,2-13H3. The van der Waals surface area contributed by atoms with Crippen LogP contribution < -0.4 is 4.74 Å². The van der Waals surface area contributed by atoms with Gasteiger partial charge in [0, 0.05) is 35.3 Å². The van der Waals surface area contributed by atoms with Crippen LogP contribution in [-0.2, 0) is 47.5 Å². The number of benzene rings is 2. The number of phenols is 1. The topological polar surface area (TPSA) is 99.1 Å². The third-order valence-electron chi connectivity index (χ3n) is 13.4. The molecule has 4 rings (SSSR count). The number of ether oxygens (including phenoxy) is 3. The second-order valence-electron chi connectivity index (χ2n) is 21.1. The molecule has 0 amide bonds. The second-order valence-corrected chi connectivity index (χ2v) is 21.1. The number of carbonyl (C=O) groups excluding carboxylic acids is 3. The second kappa shape index (κ2) is 18.1. The highest BCUT2D eigenvalue weighted by Crippen LogP contribution is 2.55. The molecule has 0 aliphatic heterocycles. The van der Waals surface area contributed by atoms with Gasteiger partial charge in [-0.3, -0.25) is 9.59 Å². The minimum Gasteiger partial charge on any atom is -0.507 e. The van der Waals surface area contributed by atoms with E-state index in [2.05, 4.69) is 75.8 Å². The molecule has 1 N–H and O–H groups in total. The maximum absolute atomic E-state index is 13.0. The molecule has 2 aliphatic rings. The van der Waals surface area contributed by atoms with Gasteiger partial charge >= 0.3 is 17.9 Å². The molecular weight excluding hydrogens is 713 g/mol.